The number of aryl methyl sites for hydroxylation is 1. The molecule has 0 radical (unpaired) electrons. The zero-order valence-corrected chi connectivity index (χ0v) is 13.8. The molecule has 1 aromatic heterocycles. The van der Waals surface area contributed by atoms with Gasteiger partial charge >= 0.3 is 5.63 Å². The van der Waals surface area contributed by atoms with Gasteiger partial charge in [-0.15, -0.1) is 0 Å². The lowest BCUT2D eigenvalue weighted by atomic mass is 10.0. The smallest absolute Gasteiger partial charge is 0.339 e. The molecule has 0 N–H and O–H groups in total. The van der Waals surface area contributed by atoms with E-state index in [1.165, 1.54) is 6.07 Å². The molecule has 0 atom stereocenters. The van der Waals surface area contributed by atoms with Crippen LogP contribution in [0.25, 0.3) is 10.8 Å². The molecule has 1 saturated heterocycles. The third kappa shape index (κ3) is 3.13. The Kier molecular flexibility index (Phi) is 3.76. The Labute approximate surface area is 144 Å². The fourth-order valence-corrected chi connectivity index (χ4v) is 3.02. The summed E-state index contributed by atoms with van der Waals surface area (Å²) in [6.07, 6.45) is -0.106. The van der Waals surface area contributed by atoms with E-state index in [4.69, 9.17) is 9.15 Å². The first-order chi connectivity index (χ1) is 12.1. The van der Waals surface area contributed by atoms with Gasteiger partial charge in [0.15, 0.2) is 0 Å². The van der Waals surface area contributed by atoms with Gasteiger partial charge in [0.25, 0.3) is 5.91 Å². The number of hydrogen-bond donors (Lipinski definition) is 0. The summed E-state index contributed by atoms with van der Waals surface area (Å²) in [5.41, 5.74) is 0.242. The monoisotopic (exact) mass is 335 g/mol. The van der Waals surface area contributed by atoms with Crippen molar-refractivity contribution in [3.05, 3.63) is 76.3 Å². The van der Waals surface area contributed by atoms with E-state index < -0.39 is 5.63 Å². The van der Waals surface area contributed by atoms with Gasteiger partial charge in [-0.1, -0.05) is 30.3 Å². The van der Waals surface area contributed by atoms with Gasteiger partial charge in [-0.3, -0.25) is 4.79 Å². The Morgan fingerprint density at radius 3 is 2.60 bits per heavy atom. The fourth-order valence-electron chi connectivity index (χ4n) is 3.02. The third-order valence-corrected chi connectivity index (χ3v) is 4.30. The van der Waals surface area contributed by atoms with Gasteiger partial charge in [-0.05, 0) is 29.8 Å². The maximum absolute atomic E-state index is 12.6. The molecule has 2 aromatic carbocycles. The summed E-state index contributed by atoms with van der Waals surface area (Å²) in [5.74, 6) is 0.983. The fraction of sp³-hybridized carbons (Fsp3) is 0.200. The average Bonchev–Trinajstić information content (AvgIpc) is 2.56. The molecule has 1 aliphatic heterocycles. The second-order valence-corrected chi connectivity index (χ2v) is 6.23. The van der Waals surface area contributed by atoms with Crippen molar-refractivity contribution in [1.29, 1.82) is 0 Å². The van der Waals surface area contributed by atoms with Crippen LogP contribution in [-0.2, 0) is 0 Å². The van der Waals surface area contributed by atoms with Crippen LogP contribution in [0.3, 0.4) is 0 Å². The Hall–Kier alpha value is -3.08. The lowest BCUT2D eigenvalue weighted by Gasteiger charge is -2.39. The molecule has 5 nitrogen and oxygen atoms in total. The highest BCUT2D eigenvalue weighted by molar-refractivity contribution is 5.99. The molecule has 1 amide bonds. The largest absolute Gasteiger partial charge is 0.486 e. The number of amides is 1. The van der Waals surface area contributed by atoms with Gasteiger partial charge in [0.05, 0.1) is 19.2 Å². The lowest BCUT2D eigenvalue weighted by molar-refractivity contribution is 0.0175. The highest BCUT2D eigenvalue weighted by Gasteiger charge is 2.33. The summed E-state index contributed by atoms with van der Waals surface area (Å²) in [5, 5.41) is 2.16. The van der Waals surface area contributed by atoms with Crippen LogP contribution in [0, 0.1) is 6.92 Å². The van der Waals surface area contributed by atoms with Crippen molar-refractivity contribution in [2.75, 3.05) is 13.1 Å². The second kappa shape index (κ2) is 6.09. The zero-order chi connectivity index (χ0) is 17.4. The van der Waals surface area contributed by atoms with Crippen molar-refractivity contribution in [3.8, 4) is 5.75 Å². The van der Waals surface area contributed by atoms with Gasteiger partial charge < -0.3 is 14.1 Å². The Balaban J connectivity index is 1.42. The van der Waals surface area contributed by atoms with Crippen molar-refractivity contribution in [2.24, 2.45) is 0 Å². The molecule has 3 aromatic rings. The summed E-state index contributed by atoms with van der Waals surface area (Å²) >= 11 is 0. The van der Waals surface area contributed by atoms with Gasteiger partial charge in [0, 0.05) is 11.6 Å². The number of carbonyl (C=O) groups is 1. The normalized spacial score (nSPS) is 14.4. The SMILES string of the molecule is Cc1cc(OC2CN(C(=O)c3ccc4ccccc4c3)C2)cc(=O)o1. The minimum atomic E-state index is -0.432. The number of hydrogen-bond acceptors (Lipinski definition) is 4. The molecule has 2 heterocycles. The van der Waals surface area contributed by atoms with Crippen molar-refractivity contribution < 1.29 is 13.9 Å². The minimum Gasteiger partial charge on any atom is -0.486 e. The molecule has 0 unspecified atom stereocenters. The van der Waals surface area contributed by atoms with E-state index in [0.717, 1.165) is 10.8 Å². The highest BCUT2D eigenvalue weighted by atomic mass is 16.5. The molecule has 25 heavy (non-hydrogen) atoms. The minimum absolute atomic E-state index is 0.00522. The molecular formula is C20H17NO4. The summed E-state index contributed by atoms with van der Waals surface area (Å²) < 4.78 is 10.6. The molecule has 4 rings (SSSR count). The summed E-state index contributed by atoms with van der Waals surface area (Å²) in [4.78, 5) is 25.7. The molecule has 0 aliphatic carbocycles. The van der Waals surface area contributed by atoms with E-state index in [2.05, 4.69) is 0 Å². The molecular weight excluding hydrogens is 318 g/mol. The van der Waals surface area contributed by atoms with E-state index >= 15 is 0 Å². The van der Waals surface area contributed by atoms with Crippen LogP contribution in [0.1, 0.15) is 16.1 Å². The summed E-state index contributed by atoms with van der Waals surface area (Å²) in [6.45, 7) is 2.71. The van der Waals surface area contributed by atoms with Crippen LogP contribution >= 0.6 is 0 Å². The highest BCUT2D eigenvalue weighted by Crippen LogP contribution is 2.22. The van der Waals surface area contributed by atoms with Crippen LogP contribution in [0.5, 0.6) is 5.75 Å². The van der Waals surface area contributed by atoms with E-state index in [0.29, 0.717) is 30.2 Å². The molecule has 5 heteroatoms. The molecule has 1 aliphatic rings. The van der Waals surface area contributed by atoms with Gasteiger partial charge in [0.1, 0.15) is 17.6 Å². The Morgan fingerprint density at radius 1 is 1.08 bits per heavy atom. The van der Waals surface area contributed by atoms with E-state index in [1.54, 1.807) is 17.9 Å². The number of likely N-dealkylation sites (tertiary alicyclic amines) is 1. The van der Waals surface area contributed by atoms with Crippen LogP contribution in [0.15, 0.2) is 63.8 Å². The van der Waals surface area contributed by atoms with E-state index in [-0.39, 0.29) is 12.0 Å². The summed E-state index contributed by atoms with van der Waals surface area (Å²) in [6, 6.07) is 16.7. The first-order valence-corrected chi connectivity index (χ1v) is 8.15. The van der Waals surface area contributed by atoms with Crippen LogP contribution in [0.2, 0.25) is 0 Å². The number of rotatable bonds is 3. The first-order valence-electron chi connectivity index (χ1n) is 8.15. The van der Waals surface area contributed by atoms with Crippen LogP contribution < -0.4 is 10.4 Å². The molecule has 0 spiro atoms. The lowest BCUT2D eigenvalue weighted by Crippen LogP contribution is -2.56. The van der Waals surface area contributed by atoms with Crippen molar-refractivity contribution in [1.82, 2.24) is 4.90 Å². The standard InChI is InChI=1S/C20H17NO4/c1-13-8-17(10-19(22)24-13)25-18-11-21(12-18)20(23)16-7-6-14-4-2-3-5-15(14)9-16/h2-10,18H,11-12H2,1H3. The predicted molar refractivity (Wildman–Crippen MR) is 94.0 cm³/mol. The predicted octanol–water partition coefficient (Wildman–Crippen LogP) is 3.00. The number of carbonyl (C=O) groups excluding carboxylic acids is 1. The molecule has 0 saturated carbocycles. The number of ether oxygens (including phenoxy) is 1. The number of fused-ring (bicyclic) bond motifs is 1. The maximum Gasteiger partial charge on any atom is 0.339 e. The number of benzene rings is 2. The Bertz CT molecular complexity index is 1000. The van der Waals surface area contributed by atoms with Crippen LogP contribution in [-0.4, -0.2) is 30.0 Å². The summed E-state index contributed by atoms with van der Waals surface area (Å²) in [7, 11) is 0. The zero-order valence-electron chi connectivity index (χ0n) is 13.8. The maximum atomic E-state index is 12.6. The van der Waals surface area contributed by atoms with E-state index in [9.17, 15) is 9.59 Å². The Morgan fingerprint density at radius 2 is 1.84 bits per heavy atom. The van der Waals surface area contributed by atoms with Gasteiger partial charge in [-0.25, -0.2) is 4.79 Å². The first kappa shape index (κ1) is 15.4. The topological polar surface area (TPSA) is 59.8 Å². The van der Waals surface area contributed by atoms with Crippen molar-refractivity contribution in [2.45, 2.75) is 13.0 Å². The third-order valence-electron chi connectivity index (χ3n) is 4.30. The molecule has 0 bridgehead atoms. The molecule has 1 fully saturated rings. The second-order valence-electron chi connectivity index (χ2n) is 6.23. The number of nitrogens with zero attached hydrogens (tertiary/aromatic N) is 1. The molecule has 126 valence electrons. The van der Waals surface area contributed by atoms with Crippen molar-refractivity contribution in [3.63, 3.8) is 0 Å². The average molecular weight is 335 g/mol. The van der Waals surface area contributed by atoms with E-state index in [1.807, 2.05) is 42.5 Å². The van der Waals surface area contributed by atoms with Gasteiger partial charge in [0.2, 0.25) is 0 Å². The van der Waals surface area contributed by atoms with Crippen molar-refractivity contribution >= 4 is 16.7 Å². The van der Waals surface area contributed by atoms with Gasteiger partial charge in [-0.2, -0.15) is 0 Å². The quantitative estimate of drug-likeness (QED) is 0.738. The van der Waals surface area contributed by atoms with Crippen LogP contribution in [0.4, 0.5) is 0 Å².